The summed E-state index contributed by atoms with van der Waals surface area (Å²) in [4.78, 5) is 41.3. The minimum Gasteiger partial charge on any atom is -0.387 e. The summed E-state index contributed by atoms with van der Waals surface area (Å²) in [6.07, 6.45) is 3.42. The molecule has 1 aliphatic carbocycles. The Morgan fingerprint density at radius 1 is 0.918 bits per heavy atom. The second-order valence-electron chi connectivity index (χ2n) is 12.9. The normalized spacial score (nSPS) is 24.9. The monoisotopic (exact) mass is 727 g/mol. The van der Waals surface area contributed by atoms with Gasteiger partial charge in [0.2, 0.25) is 5.91 Å². The summed E-state index contributed by atoms with van der Waals surface area (Å²) in [6.45, 7) is 6.86. The Kier molecular flexibility index (Phi) is 14.0. The zero-order valence-corrected chi connectivity index (χ0v) is 31.2. The molecule has 260 valence electrons. The minimum absolute atomic E-state index is 0. The summed E-state index contributed by atoms with van der Waals surface area (Å²) in [5.41, 5.74) is 4.63. The van der Waals surface area contributed by atoms with Gasteiger partial charge in [0, 0.05) is 65.3 Å². The fourth-order valence-corrected chi connectivity index (χ4v) is 7.00. The predicted molar refractivity (Wildman–Crippen MR) is 179 cm³/mol. The molecule has 14 nitrogen and oxygen atoms in total. The molecule has 2 amide bonds. The van der Waals surface area contributed by atoms with E-state index in [0.29, 0.717) is 56.0 Å². The van der Waals surface area contributed by atoms with E-state index in [-0.39, 0.29) is 25.4 Å². The van der Waals surface area contributed by atoms with E-state index in [2.05, 4.69) is 60.5 Å². The number of imidazole rings is 1. The third-order valence-corrected chi connectivity index (χ3v) is 9.70. The molecule has 0 unspecified atom stereocenters. The van der Waals surface area contributed by atoms with Gasteiger partial charge in [-0.1, -0.05) is 30.7 Å². The number of ether oxygens (including phenoxy) is 1. The summed E-state index contributed by atoms with van der Waals surface area (Å²) in [7, 11) is 0. The molecule has 0 bridgehead atoms. The van der Waals surface area contributed by atoms with Gasteiger partial charge >= 0.3 is 19.5 Å². The summed E-state index contributed by atoms with van der Waals surface area (Å²) < 4.78 is 7.51. The SMILES string of the molecule is O=C(NCCCCCC(=O)N1CCNCCNCCNCC1)[C@H]1O[C@@H](n2cnc3c(C[C@H]4CCc5ccccc54)ncnc32)[C@H](O)[C@@H]1O.[Zn+2]. The molecule has 4 heterocycles. The molecule has 6 N–H and O–H groups in total. The molecule has 2 fully saturated rings. The van der Waals surface area contributed by atoms with E-state index in [1.165, 1.54) is 23.8 Å². The van der Waals surface area contributed by atoms with E-state index in [4.69, 9.17) is 4.74 Å². The van der Waals surface area contributed by atoms with Gasteiger partial charge in [-0.15, -0.1) is 0 Å². The van der Waals surface area contributed by atoms with Crippen molar-refractivity contribution in [1.29, 1.82) is 0 Å². The first-order valence-corrected chi connectivity index (χ1v) is 17.4. The second-order valence-corrected chi connectivity index (χ2v) is 12.9. The second kappa shape index (κ2) is 18.4. The number of unbranched alkanes of at least 4 members (excludes halogenated alkanes) is 2. The van der Waals surface area contributed by atoms with Crippen LogP contribution in [0.5, 0.6) is 0 Å². The number of nitrogens with zero attached hydrogens (tertiary/aromatic N) is 5. The standard InChI is InChI=1S/C34H49N9O5.Zn/c44-27(42-18-16-36-14-12-35-13-15-37-17-19-42)8-2-1-5-11-38-33(47)31-29(45)30(46)34(48-31)43-22-41-28-26(39-21-40-32(28)43)20-24-10-9-23-6-3-4-7-25(23)24;/h3-4,6-7,21-22,24,29-31,34-37,45-46H,1-2,5,8-20H2,(H,38,47);/q;+2/t24-,29+,30-,31+,34-;/m1./s1. The van der Waals surface area contributed by atoms with Crippen molar-refractivity contribution >= 4 is 23.0 Å². The van der Waals surface area contributed by atoms with Gasteiger partial charge < -0.3 is 41.1 Å². The summed E-state index contributed by atoms with van der Waals surface area (Å²) in [6, 6.07) is 8.49. The fourth-order valence-electron chi connectivity index (χ4n) is 7.00. The van der Waals surface area contributed by atoms with Crippen LogP contribution in [0.4, 0.5) is 0 Å². The molecular weight excluding hydrogens is 680 g/mol. The molecule has 49 heavy (non-hydrogen) atoms. The van der Waals surface area contributed by atoms with Gasteiger partial charge in [0.25, 0.3) is 5.91 Å². The largest absolute Gasteiger partial charge is 2.00 e. The van der Waals surface area contributed by atoms with Crippen LogP contribution in [0.25, 0.3) is 11.2 Å². The molecule has 1 aromatic carbocycles. The van der Waals surface area contributed by atoms with Crippen molar-refractivity contribution in [2.45, 2.75) is 75.4 Å². The Hall–Kier alpha value is -2.91. The number of aliphatic hydroxyl groups is 2. The van der Waals surface area contributed by atoms with Crippen LogP contribution in [-0.2, 0) is 46.6 Å². The van der Waals surface area contributed by atoms with Gasteiger partial charge in [-0.25, -0.2) is 15.0 Å². The van der Waals surface area contributed by atoms with Crippen LogP contribution < -0.4 is 21.3 Å². The van der Waals surface area contributed by atoms with Crippen LogP contribution in [0.1, 0.15) is 61.1 Å². The van der Waals surface area contributed by atoms with Crippen molar-refractivity contribution in [1.82, 2.24) is 45.7 Å². The van der Waals surface area contributed by atoms with Crippen molar-refractivity contribution in [2.24, 2.45) is 0 Å². The molecule has 2 aromatic heterocycles. The van der Waals surface area contributed by atoms with Gasteiger partial charge in [0.15, 0.2) is 18.0 Å². The number of carbonyl (C=O) groups excluding carboxylic acids is 2. The number of benzene rings is 1. The third kappa shape index (κ3) is 9.26. The molecule has 2 aliphatic heterocycles. The van der Waals surface area contributed by atoms with Gasteiger partial charge in [-0.3, -0.25) is 14.2 Å². The summed E-state index contributed by atoms with van der Waals surface area (Å²) in [5, 5.41) is 34.6. The zero-order chi connectivity index (χ0) is 33.3. The number of amides is 2. The maximum absolute atomic E-state index is 13.0. The molecule has 3 aliphatic rings. The maximum atomic E-state index is 13.0. The Bertz CT molecular complexity index is 1510. The first kappa shape index (κ1) is 37.4. The number of nitrogens with one attached hydrogen (secondary N) is 4. The molecule has 0 radical (unpaired) electrons. The number of aryl methyl sites for hydroxylation is 1. The Labute approximate surface area is 299 Å². The number of carbonyl (C=O) groups is 2. The molecule has 0 spiro atoms. The van der Waals surface area contributed by atoms with Gasteiger partial charge in [0.1, 0.15) is 24.1 Å². The quantitative estimate of drug-likeness (QED) is 0.122. The van der Waals surface area contributed by atoms with E-state index in [0.717, 1.165) is 70.6 Å². The number of fused-ring (bicyclic) bond motifs is 2. The van der Waals surface area contributed by atoms with Crippen molar-refractivity contribution in [3.63, 3.8) is 0 Å². The number of hydrogen-bond acceptors (Lipinski definition) is 11. The van der Waals surface area contributed by atoms with E-state index in [1.54, 1.807) is 4.57 Å². The average molecular weight is 729 g/mol. The van der Waals surface area contributed by atoms with Gasteiger partial charge in [-0.2, -0.15) is 0 Å². The fraction of sp³-hybridized carbons (Fsp3) is 0.618. The topological polar surface area (TPSA) is 179 Å². The first-order chi connectivity index (χ1) is 23.5. The Balaban J connectivity index is 0.00000468. The predicted octanol–water partition coefficient (Wildman–Crippen LogP) is 0.00310. The zero-order valence-electron chi connectivity index (χ0n) is 28.2. The van der Waals surface area contributed by atoms with Crippen molar-refractivity contribution in [3.8, 4) is 0 Å². The smallest absolute Gasteiger partial charge is 0.387 e. The van der Waals surface area contributed by atoms with Gasteiger partial charge in [0.05, 0.1) is 12.0 Å². The summed E-state index contributed by atoms with van der Waals surface area (Å²) >= 11 is 0. The van der Waals surface area contributed by atoms with Crippen LogP contribution in [0.2, 0.25) is 0 Å². The number of aromatic nitrogens is 4. The van der Waals surface area contributed by atoms with Crippen LogP contribution in [0.3, 0.4) is 0 Å². The number of rotatable bonds is 10. The first-order valence-electron chi connectivity index (χ1n) is 17.4. The van der Waals surface area contributed by atoms with E-state index >= 15 is 0 Å². The van der Waals surface area contributed by atoms with Crippen molar-refractivity contribution in [2.75, 3.05) is 58.9 Å². The number of aliphatic hydroxyl groups excluding tert-OH is 2. The Morgan fingerprint density at radius 2 is 1.65 bits per heavy atom. The molecule has 0 saturated carbocycles. The van der Waals surface area contributed by atoms with Crippen molar-refractivity contribution < 1.29 is 44.0 Å². The average Bonchev–Trinajstić information content (AvgIpc) is 3.79. The number of hydrogen-bond donors (Lipinski definition) is 6. The molecule has 2 saturated heterocycles. The van der Waals surface area contributed by atoms with Crippen LogP contribution in [-0.4, -0.2) is 124 Å². The van der Waals surface area contributed by atoms with Crippen LogP contribution in [0, 0.1) is 0 Å². The molecule has 5 atom stereocenters. The third-order valence-electron chi connectivity index (χ3n) is 9.70. The van der Waals surface area contributed by atoms with Crippen LogP contribution >= 0.6 is 0 Å². The van der Waals surface area contributed by atoms with Crippen molar-refractivity contribution in [3.05, 3.63) is 53.7 Å². The van der Waals surface area contributed by atoms with E-state index in [9.17, 15) is 19.8 Å². The van der Waals surface area contributed by atoms with E-state index < -0.39 is 30.4 Å². The molecule has 3 aromatic rings. The molecule has 15 heteroatoms. The maximum Gasteiger partial charge on any atom is 2.00 e. The minimum atomic E-state index is -1.42. The molecule has 6 rings (SSSR count). The van der Waals surface area contributed by atoms with Crippen LogP contribution in [0.15, 0.2) is 36.9 Å². The summed E-state index contributed by atoms with van der Waals surface area (Å²) in [5.74, 6) is -0.00295. The van der Waals surface area contributed by atoms with Gasteiger partial charge in [-0.05, 0) is 49.1 Å². The Morgan fingerprint density at radius 3 is 2.43 bits per heavy atom. The molecular formula is C34H49N9O5Zn+2. The van der Waals surface area contributed by atoms with E-state index in [1.807, 2.05) is 4.90 Å².